The maximum absolute atomic E-state index is 16.2. The Balaban J connectivity index is 0.898. The van der Waals surface area contributed by atoms with E-state index in [-0.39, 0.29) is 17.5 Å². The van der Waals surface area contributed by atoms with Crippen molar-refractivity contribution in [3.05, 3.63) is 247 Å². The van der Waals surface area contributed by atoms with E-state index in [0.29, 0.717) is 72.7 Å². The number of aromatic nitrogens is 6. The number of hydrogen-bond acceptors (Lipinski definition) is 3. The maximum atomic E-state index is 16.2. The van der Waals surface area contributed by atoms with Crippen LogP contribution in [0, 0.1) is 79.8 Å². The number of hydrogen-bond donors (Lipinski definition) is 0. The van der Waals surface area contributed by atoms with Crippen LogP contribution < -0.4 is 0 Å². The summed E-state index contributed by atoms with van der Waals surface area (Å²) in [4.78, 5) is 13.8. The summed E-state index contributed by atoms with van der Waals surface area (Å²) < 4.78 is 54.5. The highest BCUT2D eigenvalue weighted by Crippen LogP contribution is 2.33. The van der Waals surface area contributed by atoms with Crippen LogP contribution >= 0.6 is 0 Å². The van der Waals surface area contributed by atoms with Crippen LogP contribution in [0.5, 0.6) is 0 Å². The molecule has 3 heterocycles. The SMILES string of the molecule is Cc1cc(C)c(-n2ccnc2-c2ccc(CCc3cc(CCc4ccc(-c5nccn5-c5c(C)cc(C)cc5C)c(F)c4)cc(CCc4ccc(-c5nccn5-c5c(C)cc(C)cc5C)c(F)c4)c3)cc2F)c(C)c1. The Morgan fingerprint density at radius 1 is 0.307 bits per heavy atom. The first-order valence-electron chi connectivity index (χ1n) is 25.9. The molecule has 0 aliphatic heterocycles. The number of nitrogens with zero attached hydrogens (tertiary/aromatic N) is 6. The molecule has 0 aliphatic rings. The van der Waals surface area contributed by atoms with E-state index >= 15 is 13.2 Å². The van der Waals surface area contributed by atoms with Gasteiger partial charge in [0, 0.05) is 37.2 Å². The third kappa shape index (κ3) is 10.5. The van der Waals surface area contributed by atoms with Gasteiger partial charge in [-0.3, -0.25) is 13.7 Å². The molecule has 0 aliphatic carbocycles. The highest BCUT2D eigenvalue weighted by Gasteiger charge is 2.20. The van der Waals surface area contributed by atoms with Gasteiger partial charge in [-0.05, 0) is 204 Å². The molecule has 0 N–H and O–H groups in total. The summed E-state index contributed by atoms with van der Waals surface area (Å²) in [6, 6.07) is 35.9. The van der Waals surface area contributed by atoms with Crippen molar-refractivity contribution in [3.8, 4) is 51.2 Å². The third-order valence-electron chi connectivity index (χ3n) is 14.6. The van der Waals surface area contributed by atoms with Gasteiger partial charge in [0.05, 0.1) is 33.8 Å². The number of imidazole rings is 3. The Labute approximate surface area is 439 Å². The molecule has 10 aromatic rings. The molecule has 7 aromatic carbocycles. The second-order valence-electron chi connectivity index (χ2n) is 20.7. The molecule has 378 valence electrons. The lowest BCUT2D eigenvalue weighted by Gasteiger charge is -2.16. The van der Waals surface area contributed by atoms with Crippen molar-refractivity contribution in [2.24, 2.45) is 0 Å². The van der Waals surface area contributed by atoms with E-state index in [1.54, 1.807) is 36.8 Å². The summed E-state index contributed by atoms with van der Waals surface area (Å²) in [5.41, 5.74) is 20.6. The standard InChI is InChI=1S/C66H63F3N6/c1-40-28-43(4)61(44(5)29-40)73-25-22-70-64(73)55-19-16-49(37-58(55)67)10-13-52-34-53(14-11-50-17-20-56(59(68)38-50)65-71-23-26-74(65)62-45(6)30-41(2)31-46(62)7)36-54(35-52)15-12-51-18-21-57(60(69)39-51)66-72-24-27-75(66)63-47(8)32-42(3)33-48(63)9/h16-39H,10-15H2,1-9H3. The van der Waals surface area contributed by atoms with Crippen LogP contribution in [0.1, 0.15) is 83.5 Å². The van der Waals surface area contributed by atoms with Crippen molar-refractivity contribution in [1.82, 2.24) is 28.7 Å². The van der Waals surface area contributed by atoms with Gasteiger partial charge in [-0.15, -0.1) is 0 Å². The number of aryl methyl sites for hydroxylation is 15. The molecule has 0 radical (unpaired) electrons. The predicted octanol–water partition coefficient (Wildman–Crippen LogP) is 15.8. The summed E-state index contributed by atoms with van der Waals surface area (Å²) in [5, 5.41) is 0. The van der Waals surface area contributed by atoms with Gasteiger partial charge < -0.3 is 0 Å². The molecule has 3 aromatic heterocycles. The smallest absolute Gasteiger partial charge is 0.147 e. The molecule has 0 saturated heterocycles. The van der Waals surface area contributed by atoms with Crippen molar-refractivity contribution >= 4 is 0 Å². The monoisotopic (exact) mass is 997 g/mol. The maximum Gasteiger partial charge on any atom is 0.147 e. The lowest BCUT2D eigenvalue weighted by atomic mass is 9.94. The average molecular weight is 997 g/mol. The van der Waals surface area contributed by atoms with Crippen LogP contribution in [0.15, 0.2) is 146 Å². The van der Waals surface area contributed by atoms with E-state index in [1.807, 2.05) is 68.7 Å². The molecule has 9 heteroatoms. The first-order chi connectivity index (χ1) is 36.1. The van der Waals surface area contributed by atoms with Gasteiger partial charge in [-0.2, -0.15) is 0 Å². The summed E-state index contributed by atoms with van der Waals surface area (Å²) in [7, 11) is 0. The third-order valence-corrected chi connectivity index (χ3v) is 14.6. The summed E-state index contributed by atoms with van der Waals surface area (Å²) in [5.74, 6) is 0.736. The Morgan fingerprint density at radius 2 is 0.547 bits per heavy atom. The summed E-state index contributed by atoms with van der Waals surface area (Å²) in [6.45, 7) is 18.7. The van der Waals surface area contributed by atoms with Crippen molar-refractivity contribution < 1.29 is 13.2 Å². The van der Waals surface area contributed by atoms with Crippen molar-refractivity contribution in [1.29, 1.82) is 0 Å². The van der Waals surface area contributed by atoms with Crippen LogP contribution in [0.4, 0.5) is 13.2 Å². The zero-order valence-electron chi connectivity index (χ0n) is 44.4. The van der Waals surface area contributed by atoms with Gasteiger partial charge in [0.1, 0.15) is 34.9 Å². The molecule has 0 saturated carbocycles. The van der Waals surface area contributed by atoms with E-state index in [1.165, 1.54) is 16.7 Å². The molecule has 6 nitrogen and oxygen atoms in total. The first-order valence-corrected chi connectivity index (χ1v) is 25.9. The Kier molecular flexibility index (Phi) is 14.2. The van der Waals surface area contributed by atoms with Gasteiger partial charge in [-0.1, -0.05) is 89.5 Å². The molecule has 10 rings (SSSR count). The zero-order valence-corrected chi connectivity index (χ0v) is 44.4. The minimum absolute atomic E-state index is 0.318. The number of rotatable bonds is 15. The molecule has 0 atom stereocenters. The lowest BCUT2D eigenvalue weighted by Crippen LogP contribution is -2.04. The minimum atomic E-state index is -0.318. The first kappa shape index (κ1) is 50.5. The van der Waals surface area contributed by atoms with Gasteiger partial charge in [-0.25, -0.2) is 28.1 Å². The minimum Gasteiger partial charge on any atom is -0.299 e. The van der Waals surface area contributed by atoms with Crippen molar-refractivity contribution in [3.63, 3.8) is 0 Å². The topological polar surface area (TPSA) is 53.5 Å². The fourth-order valence-corrected chi connectivity index (χ4v) is 11.5. The van der Waals surface area contributed by atoms with Crippen LogP contribution in [0.3, 0.4) is 0 Å². The van der Waals surface area contributed by atoms with Gasteiger partial charge in [0.25, 0.3) is 0 Å². The quantitative estimate of drug-likeness (QED) is 0.103. The van der Waals surface area contributed by atoms with Crippen LogP contribution in [-0.4, -0.2) is 28.7 Å². The second-order valence-corrected chi connectivity index (χ2v) is 20.7. The average Bonchev–Trinajstić information content (AvgIpc) is 4.15. The molecular formula is C66H63F3N6. The largest absolute Gasteiger partial charge is 0.299 e. The number of benzene rings is 7. The van der Waals surface area contributed by atoms with E-state index in [0.717, 1.165) is 83.8 Å². The molecule has 75 heavy (non-hydrogen) atoms. The zero-order chi connectivity index (χ0) is 52.7. The highest BCUT2D eigenvalue weighted by atomic mass is 19.1. The molecule has 0 unspecified atom stereocenters. The molecule has 0 fully saturated rings. The Morgan fingerprint density at radius 3 is 0.787 bits per heavy atom. The lowest BCUT2D eigenvalue weighted by molar-refractivity contribution is 0.626. The molecule has 0 bridgehead atoms. The molecular weight excluding hydrogens is 934 g/mol. The van der Waals surface area contributed by atoms with E-state index in [2.05, 4.69) is 132 Å². The van der Waals surface area contributed by atoms with E-state index in [9.17, 15) is 0 Å². The summed E-state index contributed by atoms with van der Waals surface area (Å²) in [6.07, 6.45) is 14.8. The van der Waals surface area contributed by atoms with Crippen LogP contribution in [0.2, 0.25) is 0 Å². The fourth-order valence-electron chi connectivity index (χ4n) is 11.5. The van der Waals surface area contributed by atoms with Crippen molar-refractivity contribution in [2.75, 3.05) is 0 Å². The molecule has 0 amide bonds. The second kappa shape index (κ2) is 21.1. The van der Waals surface area contributed by atoms with Gasteiger partial charge in [0.2, 0.25) is 0 Å². The normalized spacial score (nSPS) is 11.5. The van der Waals surface area contributed by atoms with Crippen LogP contribution in [0.25, 0.3) is 51.2 Å². The Hall–Kier alpha value is -8.04. The number of halogens is 3. The van der Waals surface area contributed by atoms with Gasteiger partial charge >= 0.3 is 0 Å². The van der Waals surface area contributed by atoms with Gasteiger partial charge in [0.15, 0.2) is 0 Å². The van der Waals surface area contributed by atoms with E-state index in [4.69, 9.17) is 0 Å². The molecule has 0 spiro atoms. The predicted molar refractivity (Wildman–Crippen MR) is 298 cm³/mol. The van der Waals surface area contributed by atoms with E-state index < -0.39 is 0 Å². The summed E-state index contributed by atoms with van der Waals surface area (Å²) >= 11 is 0. The fraction of sp³-hybridized carbons (Fsp3) is 0.227. The Bertz CT molecular complexity index is 3310. The van der Waals surface area contributed by atoms with Crippen LogP contribution in [-0.2, 0) is 38.5 Å². The van der Waals surface area contributed by atoms with Crippen molar-refractivity contribution in [2.45, 2.75) is 101 Å². The highest BCUT2D eigenvalue weighted by molar-refractivity contribution is 5.65.